The molecule has 92 valence electrons. The number of nitrogens with zero attached hydrogens (tertiary/aromatic N) is 1. The average Bonchev–Trinajstić information content (AvgIpc) is 2.72. The van der Waals surface area contributed by atoms with Gasteiger partial charge in [-0.2, -0.15) is 0 Å². The third-order valence-corrected chi connectivity index (χ3v) is 2.48. The van der Waals surface area contributed by atoms with E-state index in [1.54, 1.807) is 0 Å². The molecule has 0 unspecified atom stereocenters. The highest BCUT2D eigenvalue weighted by molar-refractivity contribution is 5.91. The molecule has 1 aromatic rings. The van der Waals surface area contributed by atoms with Crippen molar-refractivity contribution in [2.45, 2.75) is 5.60 Å². The van der Waals surface area contributed by atoms with Crippen LogP contribution in [0.3, 0.4) is 0 Å². The van der Waals surface area contributed by atoms with Crippen LogP contribution in [0.15, 0.2) is 16.5 Å². The molecular formula is C9H11N3O5. The Labute approximate surface area is 95.8 Å². The molecule has 17 heavy (non-hydrogen) atoms. The number of carbonyl (C=O) groups is 1. The molecule has 2 rings (SSSR count). The number of hydrogen-bond donors (Lipinski definition) is 3. The first kappa shape index (κ1) is 11.6. The van der Waals surface area contributed by atoms with E-state index in [0.717, 1.165) is 6.07 Å². The zero-order chi connectivity index (χ0) is 12.5. The number of aliphatic hydroxyl groups is 1. The highest BCUT2D eigenvalue weighted by Crippen LogP contribution is 2.15. The normalized spacial score (nSPS) is 17.2. The molecule has 0 spiro atoms. The van der Waals surface area contributed by atoms with Crippen LogP contribution in [-0.2, 0) is 0 Å². The van der Waals surface area contributed by atoms with Crippen molar-refractivity contribution in [1.82, 2.24) is 10.6 Å². The molecule has 0 atom stereocenters. The third-order valence-electron chi connectivity index (χ3n) is 2.48. The lowest BCUT2D eigenvalue weighted by Gasteiger charge is -2.37. The Morgan fingerprint density at radius 2 is 2.35 bits per heavy atom. The molecule has 8 nitrogen and oxygen atoms in total. The van der Waals surface area contributed by atoms with Crippen molar-refractivity contribution in [3.63, 3.8) is 0 Å². The van der Waals surface area contributed by atoms with Gasteiger partial charge in [-0.1, -0.05) is 0 Å². The summed E-state index contributed by atoms with van der Waals surface area (Å²) in [4.78, 5) is 21.1. The van der Waals surface area contributed by atoms with E-state index in [2.05, 4.69) is 10.6 Å². The summed E-state index contributed by atoms with van der Waals surface area (Å²) in [5, 5.41) is 25.3. The quantitative estimate of drug-likeness (QED) is 0.471. The van der Waals surface area contributed by atoms with Gasteiger partial charge >= 0.3 is 5.88 Å². The van der Waals surface area contributed by atoms with Crippen LogP contribution in [0.5, 0.6) is 0 Å². The lowest BCUT2D eigenvalue weighted by atomic mass is 9.97. The second-order valence-electron chi connectivity index (χ2n) is 3.91. The highest BCUT2D eigenvalue weighted by Gasteiger charge is 2.34. The third kappa shape index (κ3) is 2.43. The maximum absolute atomic E-state index is 11.5. The van der Waals surface area contributed by atoms with E-state index >= 15 is 0 Å². The highest BCUT2D eigenvalue weighted by atomic mass is 16.6. The van der Waals surface area contributed by atoms with Crippen molar-refractivity contribution in [1.29, 1.82) is 0 Å². The minimum Gasteiger partial charge on any atom is -0.395 e. The summed E-state index contributed by atoms with van der Waals surface area (Å²) >= 11 is 0. The molecular weight excluding hydrogens is 230 g/mol. The first-order chi connectivity index (χ1) is 8.00. The van der Waals surface area contributed by atoms with Crippen molar-refractivity contribution in [2.75, 3.05) is 19.6 Å². The summed E-state index contributed by atoms with van der Waals surface area (Å²) in [7, 11) is 0. The second-order valence-corrected chi connectivity index (χ2v) is 3.91. The van der Waals surface area contributed by atoms with E-state index in [-0.39, 0.29) is 12.3 Å². The fraction of sp³-hybridized carbons (Fsp3) is 0.444. The van der Waals surface area contributed by atoms with Gasteiger partial charge < -0.3 is 20.2 Å². The van der Waals surface area contributed by atoms with E-state index in [1.165, 1.54) is 6.07 Å². The summed E-state index contributed by atoms with van der Waals surface area (Å²) in [5.74, 6) is -1.22. The lowest BCUT2D eigenvalue weighted by molar-refractivity contribution is -0.402. The fourth-order valence-electron chi connectivity index (χ4n) is 1.42. The van der Waals surface area contributed by atoms with E-state index in [9.17, 15) is 20.0 Å². The van der Waals surface area contributed by atoms with Gasteiger partial charge in [0.15, 0.2) is 5.76 Å². The standard InChI is InChI=1S/C9H11N3O5/c13-8(11-5-9(14)3-10-4-9)6-1-2-7(17-6)12(15)16/h1-2,10,14H,3-5H2,(H,11,13). The topological polar surface area (TPSA) is 118 Å². The van der Waals surface area contributed by atoms with Gasteiger partial charge in [-0.15, -0.1) is 0 Å². The summed E-state index contributed by atoms with van der Waals surface area (Å²) < 4.78 is 4.72. The predicted octanol–water partition coefficient (Wildman–Crippen LogP) is -0.748. The zero-order valence-electron chi connectivity index (χ0n) is 8.80. The Hall–Kier alpha value is -1.93. The van der Waals surface area contributed by atoms with Gasteiger partial charge in [0.05, 0.1) is 6.07 Å². The molecule has 0 aromatic carbocycles. The molecule has 1 fully saturated rings. The van der Waals surface area contributed by atoms with Crippen LogP contribution >= 0.6 is 0 Å². The van der Waals surface area contributed by atoms with Crippen molar-refractivity contribution in [3.8, 4) is 0 Å². The van der Waals surface area contributed by atoms with Crippen LogP contribution in [0.2, 0.25) is 0 Å². The predicted molar refractivity (Wildman–Crippen MR) is 55.5 cm³/mol. The average molecular weight is 241 g/mol. The first-order valence-electron chi connectivity index (χ1n) is 4.96. The molecule has 2 heterocycles. The fourth-order valence-corrected chi connectivity index (χ4v) is 1.42. The van der Waals surface area contributed by atoms with Gasteiger partial charge in [-0.25, -0.2) is 0 Å². The van der Waals surface area contributed by atoms with Crippen LogP contribution in [0.25, 0.3) is 0 Å². The van der Waals surface area contributed by atoms with E-state index in [1.807, 2.05) is 0 Å². The number of nitrogens with one attached hydrogen (secondary N) is 2. The van der Waals surface area contributed by atoms with Crippen LogP contribution in [-0.4, -0.2) is 41.2 Å². The summed E-state index contributed by atoms with van der Waals surface area (Å²) in [5.41, 5.74) is -0.936. The van der Waals surface area contributed by atoms with Crippen LogP contribution in [0.1, 0.15) is 10.6 Å². The van der Waals surface area contributed by atoms with E-state index in [0.29, 0.717) is 13.1 Å². The first-order valence-corrected chi connectivity index (χ1v) is 4.96. The summed E-state index contributed by atoms with van der Waals surface area (Å²) in [6.07, 6.45) is 0. The maximum atomic E-state index is 11.5. The van der Waals surface area contributed by atoms with E-state index < -0.39 is 22.3 Å². The van der Waals surface area contributed by atoms with Crippen molar-refractivity contribution < 1.29 is 19.2 Å². The Morgan fingerprint density at radius 1 is 1.65 bits per heavy atom. The Morgan fingerprint density at radius 3 is 2.82 bits per heavy atom. The number of rotatable bonds is 4. The van der Waals surface area contributed by atoms with Gasteiger partial charge in [-0.05, 0) is 6.07 Å². The molecule has 1 aliphatic rings. The Bertz CT molecular complexity index is 451. The molecule has 3 N–H and O–H groups in total. The second kappa shape index (κ2) is 4.15. The van der Waals surface area contributed by atoms with Crippen molar-refractivity contribution >= 4 is 11.8 Å². The lowest BCUT2D eigenvalue weighted by Crippen LogP contribution is -2.64. The van der Waals surface area contributed by atoms with E-state index in [4.69, 9.17) is 4.42 Å². The Kier molecular flexibility index (Phi) is 2.82. The molecule has 1 aromatic heterocycles. The molecule has 1 amide bonds. The van der Waals surface area contributed by atoms with Crippen LogP contribution < -0.4 is 10.6 Å². The molecule has 0 aliphatic carbocycles. The number of hydrogen-bond acceptors (Lipinski definition) is 6. The number of furan rings is 1. The molecule has 0 radical (unpaired) electrons. The monoisotopic (exact) mass is 241 g/mol. The SMILES string of the molecule is O=C(NCC1(O)CNC1)c1ccc([N+](=O)[O-])o1. The van der Waals surface area contributed by atoms with Crippen LogP contribution in [0.4, 0.5) is 5.88 Å². The van der Waals surface area contributed by atoms with Crippen molar-refractivity contribution in [2.24, 2.45) is 0 Å². The minimum absolute atomic E-state index is 0.0767. The summed E-state index contributed by atoms with van der Waals surface area (Å²) in [6, 6.07) is 2.32. The van der Waals surface area contributed by atoms with Crippen LogP contribution in [0, 0.1) is 10.1 Å². The number of carbonyl (C=O) groups excluding carboxylic acids is 1. The number of nitro groups is 1. The molecule has 1 aliphatic heterocycles. The number of amides is 1. The van der Waals surface area contributed by atoms with Crippen molar-refractivity contribution in [3.05, 3.63) is 28.0 Å². The molecule has 1 saturated heterocycles. The molecule has 0 bridgehead atoms. The number of β-amino-alcohol motifs (C(OH)–C–C–N with tert-alkyl or cyclic N) is 1. The van der Waals surface area contributed by atoms with Gasteiger partial charge in [0.25, 0.3) is 5.91 Å². The molecule has 8 heteroatoms. The maximum Gasteiger partial charge on any atom is 0.433 e. The zero-order valence-corrected chi connectivity index (χ0v) is 8.80. The largest absolute Gasteiger partial charge is 0.433 e. The van der Waals surface area contributed by atoms with Gasteiger partial charge in [-0.3, -0.25) is 14.9 Å². The van der Waals surface area contributed by atoms with Gasteiger partial charge in [0, 0.05) is 19.6 Å². The smallest absolute Gasteiger partial charge is 0.395 e. The van der Waals surface area contributed by atoms with Gasteiger partial charge in [0.2, 0.25) is 0 Å². The minimum atomic E-state index is -0.936. The Balaban J connectivity index is 1.92. The van der Waals surface area contributed by atoms with Gasteiger partial charge in [0.1, 0.15) is 10.5 Å². The summed E-state index contributed by atoms with van der Waals surface area (Å²) in [6.45, 7) is 0.893. The molecule has 0 saturated carbocycles.